The maximum atomic E-state index is 10.8. The maximum absolute atomic E-state index is 10.8. The second kappa shape index (κ2) is 6.96. The topological polar surface area (TPSA) is 34.1 Å². The number of thioether (sulfide) groups is 1. The molecule has 0 aliphatic heterocycles. The molecule has 0 rings (SSSR count). The molecule has 5 heteroatoms. The Bertz CT molecular complexity index is 214. The van der Waals surface area contributed by atoms with E-state index in [0.29, 0.717) is 16.9 Å². The van der Waals surface area contributed by atoms with Gasteiger partial charge in [0.15, 0.2) is 0 Å². The van der Waals surface area contributed by atoms with Gasteiger partial charge in [-0.05, 0) is 18.6 Å². The molecule has 13 heavy (non-hydrogen) atoms. The summed E-state index contributed by atoms with van der Waals surface area (Å²) in [5, 5.41) is 0.539. The SMILES string of the molecule is CC(CCCl)SCCCS(C)(=O)=O. The average molecular weight is 245 g/mol. The van der Waals surface area contributed by atoms with Gasteiger partial charge in [-0.3, -0.25) is 0 Å². The third kappa shape index (κ3) is 10.5. The molecular weight excluding hydrogens is 228 g/mol. The van der Waals surface area contributed by atoms with Crippen LogP contribution in [0.2, 0.25) is 0 Å². The van der Waals surface area contributed by atoms with Crippen molar-refractivity contribution in [2.24, 2.45) is 0 Å². The van der Waals surface area contributed by atoms with E-state index in [1.807, 2.05) is 0 Å². The molecule has 0 aliphatic rings. The van der Waals surface area contributed by atoms with Crippen LogP contribution in [-0.2, 0) is 9.84 Å². The summed E-state index contributed by atoms with van der Waals surface area (Å²) in [5.74, 6) is 1.89. The van der Waals surface area contributed by atoms with E-state index >= 15 is 0 Å². The van der Waals surface area contributed by atoms with Crippen LogP contribution >= 0.6 is 23.4 Å². The number of sulfone groups is 1. The number of alkyl halides is 1. The molecule has 0 bridgehead atoms. The lowest BCUT2D eigenvalue weighted by Crippen LogP contribution is -2.05. The normalized spacial score (nSPS) is 14.4. The van der Waals surface area contributed by atoms with E-state index in [-0.39, 0.29) is 0 Å². The van der Waals surface area contributed by atoms with E-state index in [2.05, 4.69) is 6.92 Å². The van der Waals surface area contributed by atoms with Crippen LogP contribution in [0.15, 0.2) is 0 Å². The van der Waals surface area contributed by atoms with Crippen LogP contribution in [0.3, 0.4) is 0 Å². The van der Waals surface area contributed by atoms with Gasteiger partial charge >= 0.3 is 0 Å². The van der Waals surface area contributed by atoms with Gasteiger partial charge in [-0.25, -0.2) is 8.42 Å². The van der Waals surface area contributed by atoms with Crippen LogP contribution < -0.4 is 0 Å². The van der Waals surface area contributed by atoms with Gasteiger partial charge in [0.25, 0.3) is 0 Å². The maximum Gasteiger partial charge on any atom is 0.147 e. The first-order valence-electron chi connectivity index (χ1n) is 4.31. The van der Waals surface area contributed by atoms with Crippen molar-refractivity contribution in [3.8, 4) is 0 Å². The summed E-state index contributed by atoms with van der Waals surface area (Å²) >= 11 is 7.37. The minimum Gasteiger partial charge on any atom is -0.229 e. The van der Waals surface area contributed by atoms with Gasteiger partial charge < -0.3 is 0 Å². The molecule has 0 spiro atoms. The van der Waals surface area contributed by atoms with Crippen LogP contribution in [0.25, 0.3) is 0 Å². The van der Waals surface area contributed by atoms with E-state index in [4.69, 9.17) is 11.6 Å². The van der Waals surface area contributed by atoms with Crippen LogP contribution in [0.5, 0.6) is 0 Å². The highest BCUT2D eigenvalue weighted by molar-refractivity contribution is 7.99. The molecular formula is C8H17ClO2S2. The van der Waals surface area contributed by atoms with E-state index in [0.717, 1.165) is 18.6 Å². The molecule has 0 fully saturated rings. The van der Waals surface area contributed by atoms with Crippen LogP contribution in [0.1, 0.15) is 19.8 Å². The standard InChI is InChI=1S/C8H17ClO2S2/c1-8(4-5-9)12-6-3-7-13(2,10)11/h8H,3-7H2,1-2H3. The molecule has 0 aromatic heterocycles. The summed E-state index contributed by atoms with van der Waals surface area (Å²) in [4.78, 5) is 0. The molecule has 0 saturated carbocycles. The second-order valence-electron chi connectivity index (χ2n) is 3.14. The van der Waals surface area contributed by atoms with Crippen LogP contribution in [-0.4, -0.2) is 37.3 Å². The van der Waals surface area contributed by atoms with E-state index in [1.54, 1.807) is 11.8 Å². The molecule has 0 aromatic rings. The Morgan fingerprint density at radius 1 is 1.46 bits per heavy atom. The zero-order chi connectivity index (χ0) is 10.3. The quantitative estimate of drug-likeness (QED) is 0.509. The smallest absolute Gasteiger partial charge is 0.147 e. The van der Waals surface area contributed by atoms with Crippen LogP contribution in [0, 0.1) is 0 Å². The highest BCUT2D eigenvalue weighted by atomic mass is 35.5. The zero-order valence-corrected chi connectivity index (χ0v) is 10.5. The summed E-state index contributed by atoms with van der Waals surface area (Å²) in [7, 11) is -2.77. The zero-order valence-electron chi connectivity index (χ0n) is 8.12. The molecule has 0 radical (unpaired) electrons. The lowest BCUT2D eigenvalue weighted by molar-refractivity contribution is 0.600. The largest absolute Gasteiger partial charge is 0.229 e. The van der Waals surface area contributed by atoms with Crippen molar-refractivity contribution in [2.75, 3.05) is 23.6 Å². The van der Waals surface area contributed by atoms with Gasteiger partial charge in [-0.2, -0.15) is 11.8 Å². The molecule has 0 N–H and O–H groups in total. The third-order valence-electron chi connectivity index (χ3n) is 1.58. The minimum atomic E-state index is -2.77. The lowest BCUT2D eigenvalue weighted by atomic mass is 10.4. The van der Waals surface area contributed by atoms with Gasteiger partial charge in [0.2, 0.25) is 0 Å². The number of rotatable bonds is 7. The summed E-state index contributed by atoms with van der Waals surface area (Å²) in [5.41, 5.74) is 0. The van der Waals surface area contributed by atoms with E-state index < -0.39 is 9.84 Å². The molecule has 0 aliphatic carbocycles. The predicted octanol–water partition coefficient (Wildman–Crippen LogP) is 2.17. The Kier molecular flexibility index (Phi) is 7.27. The summed E-state index contributed by atoms with van der Waals surface area (Å²) in [6.45, 7) is 2.12. The third-order valence-corrected chi connectivity index (χ3v) is 4.16. The average Bonchev–Trinajstić information content (AvgIpc) is 1.97. The molecule has 1 atom stereocenters. The fourth-order valence-electron chi connectivity index (χ4n) is 0.843. The molecule has 80 valence electrons. The minimum absolute atomic E-state index is 0.299. The van der Waals surface area contributed by atoms with Crippen molar-refractivity contribution in [3.63, 3.8) is 0 Å². The van der Waals surface area contributed by atoms with Crippen molar-refractivity contribution in [3.05, 3.63) is 0 Å². The van der Waals surface area contributed by atoms with Crippen molar-refractivity contribution >= 4 is 33.2 Å². The fraction of sp³-hybridized carbons (Fsp3) is 1.00. The number of hydrogen-bond donors (Lipinski definition) is 0. The van der Waals surface area contributed by atoms with Crippen LogP contribution in [0.4, 0.5) is 0 Å². The summed E-state index contributed by atoms with van der Waals surface area (Å²) in [6.07, 6.45) is 3.01. The molecule has 2 nitrogen and oxygen atoms in total. The molecule has 0 saturated heterocycles. The molecule has 0 amide bonds. The Hall–Kier alpha value is 0.590. The van der Waals surface area contributed by atoms with Crippen molar-refractivity contribution in [1.29, 1.82) is 0 Å². The van der Waals surface area contributed by atoms with E-state index in [1.165, 1.54) is 6.26 Å². The van der Waals surface area contributed by atoms with Crippen molar-refractivity contribution < 1.29 is 8.42 Å². The van der Waals surface area contributed by atoms with E-state index in [9.17, 15) is 8.42 Å². The number of halogens is 1. The van der Waals surface area contributed by atoms with Gasteiger partial charge in [-0.15, -0.1) is 11.6 Å². The van der Waals surface area contributed by atoms with Gasteiger partial charge in [0.1, 0.15) is 9.84 Å². The highest BCUT2D eigenvalue weighted by Gasteiger charge is 2.04. The molecule has 0 heterocycles. The van der Waals surface area contributed by atoms with Crippen molar-refractivity contribution in [2.45, 2.75) is 25.0 Å². The van der Waals surface area contributed by atoms with Crippen molar-refractivity contribution in [1.82, 2.24) is 0 Å². The Labute approximate surface area is 90.3 Å². The molecule has 0 aromatic carbocycles. The Morgan fingerprint density at radius 3 is 2.54 bits per heavy atom. The second-order valence-corrected chi connectivity index (χ2v) is 7.33. The van der Waals surface area contributed by atoms with Gasteiger partial charge in [0, 0.05) is 17.4 Å². The lowest BCUT2D eigenvalue weighted by Gasteiger charge is -2.07. The first kappa shape index (κ1) is 13.6. The highest BCUT2D eigenvalue weighted by Crippen LogP contribution is 2.15. The Balaban J connectivity index is 3.36. The van der Waals surface area contributed by atoms with Gasteiger partial charge in [-0.1, -0.05) is 6.92 Å². The summed E-state index contributed by atoms with van der Waals surface area (Å²) < 4.78 is 21.5. The number of hydrogen-bond acceptors (Lipinski definition) is 3. The predicted molar refractivity (Wildman–Crippen MR) is 61.6 cm³/mol. The fourth-order valence-corrected chi connectivity index (χ4v) is 3.15. The monoisotopic (exact) mass is 244 g/mol. The first-order chi connectivity index (χ1) is 5.95. The van der Waals surface area contributed by atoms with Gasteiger partial charge in [0.05, 0.1) is 5.75 Å². The Morgan fingerprint density at radius 2 is 2.08 bits per heavy atom. The molecule has 1 unspecified atom stereocenters. The summed E-state index contributed by atoms with van der Waals surface area (Å²) in [6, 6.07) is 0. The first-order valence-corrected chi connectivity index (χ1v) is 7.95.